The van der Waals surface area contributed by atoms with Crippen molar-refractivity contribution in [2.24, 2.45) is 0 Å². The molecular weight excluding hydrogens is 256 g/mol. The molecule has 0 radical (unpaired) electrons. The number of likely N-dealkylation sites (tertiary alicyclic amines) is 1. The Morgan fingerprint density at radius 2 is 2.16 bits per heavy atom. The minimum absolute atomic E-state index is 0.336. The zero-order valence-corrected chi connectivity index (χ0v) is 12.8. The molecule has 1 aliphatic rings. The number of nitrogens with zero attached hydrogens (tertiary/aromatic N) is 1. The highest BCUT2D eigenvalue weighted by molar-refractivity contribution is 7.11. The van der Waals surface area contributed by atoms with Crippen LogP contribution in [0.5, 0.6) is 0 Å². The molecule has 2 heterocycles. The van der Waals surface area contributed by atoms with E-state index in [1.54, 1.807) is 0 Å². The van der Waals surface area contributed by atoms with Crippen molar-refractivity contribution < 1.29 is 4.79 Å². The molecule has 1 N–H and O–H groups in total. The van der Waals surface area contributed by atoms with Crippen LogP contribution in [0, 0.1) is 6.92 Å². The lowest BCUT2D eigenvalue weighted by molar-refractivity contribution is -0.132. The molecule has 1 aromatic rings. The fourth-order valence-corrected chi connectivity index (χ4v) is 3.54. The summed E-state index contributed by atoms with van der Waals surface area (Å²) >= 11 is 1.85. The normalized spacial score (nSPS) is 16.8. The molecule has 0 unspecified atom stereocenters. The minimum atomic E-state index is 0.336. The zero-order valence-electron chi connectivity index (χ0n) is 11.9. The highest BCUT2D eigenvalue weighted by atomic mass is 32.1. The van der Waals surface area contributed by atoms with Crippen LogP contribution >= 0.6 is 11.3 Å². The molecule has 3 nitrogen and oxygen atoms in total. The first-order chi connectivity index (χ1) is 9.19. The van der Waals surface area contributed by atoms with E-state index < -0.39 is 0 Å². The number of carbonyl (C=O) groups excluding carboxylic acids is 1. The quantitative estimate of drug-likeness (QED) is 0.899. The fourth-order valence-electron chi connectivity index (χ4n) is 2.61. The van der Waals surface area contributed by atoms with Gasteiger partial charge in [0.15, 0.2) is 0 Å². The van der Waals surface area contributed by atoms with Gasteiger partial charge in [0.1, 0.15) is 0 Å². The second-order valence-electron chi connectivity index (χ2n) is 5.31. The molecule has 0 aromatic carbocycles. The van der Waals surface area contributed by atoms with Gasteiger partial charge in [-0.25, -0.2) is 0 Å². The smallest absolute Gasteiger partial charge is 0.222 e. The first-order valence-corrected chi connectivity index (χ1v) is 8.01. The van der Waals surface area contributed by atoms with Crippen molar-refractivity contribution in [2.45, 2.75) is 45.1 Å². The Balaban J connectivity index is 1.67. The number of hydrogen-bond donors (Lipinski definition) is 1. The van der Waals surface area contributed by atoms with Gasteiger partial charge < -0.3 is 10.2 Å². The topological polar surface area (TPSA) is 32.3 Å². The molecule has 0 atom stereocenters. The molecule has 1 fully saturated rings. The van der Waals surface area contributed by atoms with Crippen molar-refractivity contribution >= 4 is 17.2 Å². The van der Waals surface area contributed by atoms with Crippen LogP contribution in [0.4, 0.5) is 0 Å². The van der Waals surface area contributed by atoms with Crippen LogP contribution in [-0.2, 0) is 11.2 Å². The molecule has 1 aliphatic heterocycles. The molecule has 19 heavy (non-hydrogen) atoms. The van der Waals surface area contributed by atoms with Crippen molar-refractivity contribution in [3.8, 4) is 0 Å². The van der Waals surface area contributed by atoms with E-state index in [1.807, 2.05) is 23.3 Å². The molecule has 0 saturated carbocycles. The first kappa shape index (κ1) is 14.5. The molecule has 0 spiro atoms. The van der Waals surface area contributed by atoms with Crippen LogP contribution in [0.1, 0.15) is 35.4 Å². The molecule has 2 rings (SSSR count). The molecule has 106 valence electrons. The highest BCUT2D eigenvalue weighted by Crippen LogP contribution is 2.18. The second-order valence-corrected chi connectivity index (χ2v) is 6.68. The number of amides is 1. The van der Waals surface area contributed by atoms with Gasteiger partial charge >= 0.3 is 0 Å². The van der Waals surface area contributed by atoms with E-state index >= 15 is 0 Å². The Kier molecular flexibility index (Phi) is 5.40. The molecule has 0 aliphatic carbocycles. The number of rotatable bonds is 5. The number of carbonyl (C=O) groups is 1. The lowest BCUT2D eigenvalue weighted by Crippen LogP contribution is -2.43. The van der Waals surface area contributed by atoms with E-state index in [2.05, 4.69) is 24.4 Å². The summed E-state index contributed by atoms with van der Waals surface area (Å²) in [5, 5.41) is 3.29. The highest BCUT2D eigenvalue weighted by Gasteiger charge is 2.21. The average Bonchev–Trinajstić information content (AvgIpc) is 2.84. The lowest BCUT2D eigenvalue weighted by Gasteiger charge is -2.31. The Bertz CT molecular complexity index is 408. The third kappa shape index (κ3) is 4.32. The van der Waals surface area contributed by atoms with Crippen LogP contribution in [-0.4, -0.2) is 37.0 Å². The number of aryl methyl sites for hydroxylation is 2. The molecular formula is C15H24N2OS. The van der Waals surface area contributed by atoms with Gasteiger partial charge in [0, 0.05) is 35.3 Å². The summed E-state index contributed by atoms with van der Waals surface area (Å²) in [5.41, 5.74) is 0. The van der Waals surface area contributed by atoms with Crippen molar-refractivity contribution in [1.29, 1.82) is 0 Å². The maximum atomic E-state index is 12.1. The van der Waals surface area contributed by atoms with E-state index in [1.165, 1.54) is 9.75 Å². The van der Waals surface area contributed by atoms with E-state index in [-0.39, 0.29) is 0 Å². The minimum Gasteiger partial charge on any atom is -0.343 e. The zero-order chi connectivity index (χ0) is 13.7. The number of piperidine rings is 1. The Labute approximate surface area is 120 Å². The predicted octanol–water partition coefficient (Wildman–Crippen LogP) is 2.59. The summed E-state index contributed by atoms with van der Waals surface area (Å²) in [4.78, 5) is 16.9. The van der Waals surface area contributed by atoms with Crippen LogP contribution < -0.4 is 5.32 Å². The molecule has 1 saturated heterocycles. The standard InChI is InChI=1S/C15H24N2OS/c1-12-6-7-14(19-12)4-3-5-15(18)17-10-8-13(16-2)9-11-17/h6-7,13,16H,3-5,8-11H2,1-2H3. The van der Waals surface area contributed by atoms with Gasteiger partial charge in [-0.2, -0.15) is 0 Å². The Hall–Kier alpha value is -0.870. The summed E-state index contributed by atoms with van der Waals surface area (Å²) in [7, 11) is 2.01. The van der Waals surface area contributed by atoms with Crippen molar-refractivity contribution in [1.82, 2.24) is 10.2 Å². The number of hydrogen-bond acceptors (Lipinski definition) is 3. The van der Waals surface area contributed by atoms with Gasteiger partial charge in [-0.3, -0.25) is 4.79 Å². The van der Waals surface area contributed by atoms with Gasteiger partial charge in [-0.15, -0.1) is 11.3 Å². The molecule has 4 heteroatoms. The Morgan fingerprint density at radius 3 is 2.74 bits per heavy atom. The number of nitrogens with one attached hydrogen (secondary N) is 1. The molecule has 1 aromatic heterocycles. The van der Waals surface area contributed by atoms with Gasteiger partial charge in [-0.05, 0) is 51.8 Å². The van der Waals surface area contributed by atoms with Gasteiger partial charge in [0.25, 0.3) is 0 Å². The van der Waals surface area contributed by atoms with Gasteiger partial charge in [0.2, 0.25) is 5.91 Å². The van der Waals surface area contributed by atoms with Crippen molar-refractivity contribution in [3.63, 3.8) is 0 Å². The third-order valence-electron chi connectivity index (χ3n) is 3.87. The fraction of sp³-hybridized carbons (Fsp3) is 0.667. The SMILES string of the molecule is CNC1CCN(C(=O)CCCc2ccc(C)s2)CC1. The van der Waals surface area contributed by atoms with E-state index in [9.17, 15) is 4.79 Å². The average molecular weight is 280 g/mol. The van der Waals surface area contributed by atoms with Gasteiger partial charge in [0.05, 0.1) is 0 Å². The first-order valence-electron chi connectivity index (χ1n) is 7.19. The maximum absolute atomic E-state index is 12.1. The predicted molar refractivity (Wildman–Crippen MR) is 80.7 cm³/mol. The summed E-state index contributed by atoms with van der Waals surface area (Å²) in [6.07, 6.45) is 4.89. The van der Waals surface area contributed by atoms with Crippen LogP contribution in [0.2, 0.25) is 0 Å². The summed E-state index contributed by atoms with van der Waals surface area (Å²) < 4.78 is 0. The Morgan fingerprint density at radius 1 is 1.42 bits per heavy atom. The maximum Gasteiger partial charge on any atom is 0.222 e. The summed E-state index contributed by atoms with van der Waals surface area (Å²) in [6, 6.07) is 4.94. The summed E-state index contributed by atoms with van der Waals surface area (Å²) in [5.74, 6) is 0.336. The monoisotopic (exact) mass is 280 g/mol. The third-order valence-corrected chi connectivity index (χ3v) is 4.93. The summed E-state index contributed by atoms with van der Waals surface area (Å²) in [6.45, 7) is 3.97. The number of thiophene rings is 1. The van der Waals surface area contributed by atoms with Crippen molar-refractivity contribution in [3.05, 3.63) is 21.9 Å². The van der Waals surface area contributed by atoms with Crippen LogP contribution in [0.3, 0.4) is 0 Å². The second kappa shape index (κ2) is 7.06. The largest absolute Gasteiger partial charge is 0.343 e. The van der Waals surface area contributed by atoms with Gasteiger partial charge in [-0.1, -0.05) is 0 Å². The van der Waals surface area contributed by atoms with Crippen LogP contribution in [0.25, 0.3) is 0 Å². The molecule has 0 bridgehead atoms. The lowest BCUT2D eigenvalue weighted by atomic mass is 10.0. The van der Waals surface area contributed by atoms with E-state index in [0.717, 1.165) is 38.8 Å². The van der Waals surface area contributed by atoms with Crippen LogP contribution in [0.15, 0.2) is 12.1 Å². The molecule has 1 amide bonds. The van der Waals surface area contributed by atoms with Crippen molar-refractivity contribution in [2.75, 3.05) is 20.1 Å². The van der Waals surface area contributed by atoms with E-state index in [4.69, 9.17) is 0 Å². The van der Waals surface area contributed by atoms with E-state index in [0.29, 0.717) is 18.4 Å².